The summed E-state index contributed by atoms with van der Waals surface area (Å²) >= 11 is 0.00694. The van der Waals surface area contributed by atoms with Gasteiger partial charge in [-0.2, -0.15) is 0 Å². The van der Waals surface area contributed by atoms with Gasteiger partial charge in [-0.15, -0.1) is 0 Å². The maximum atomic E-state index is 10.8. The number of urea groups is 1. The average Bonchev–Trinajstić information content (AvgIpc) is 4.02. The molecule has 27 heteroatoms. The van der Waals surface area contributed by atoms with Gasteiger partial charge >= 0.3 is 68.4 Å². The minimum Gasteiger partial charge on any atom is -0.414 e. The quantitative estimate of drug-likeness (QED) is 0.106. The van der Waals surface area contributed by atoms with Gasteiger partial charge in [0.05, 0.1) is 11.3 Å². The molecule has 292 valence electrons. The molecule has 11 rings (SSSR count). The third-order valence-corrected chi connectivity index (χ3v) is 7.78. The largest absolute Gasteiger partial charge is 2.00 e. The third kappa shape index (κ3) is 7.96. The van der Waals surface area contributed by atoms with Crippen molar-refractivity contribution < 1.29 is 49.3 Å². The van der Waals surface area contributed by atoms with Crippen LogP contribution in [0.25, 0.3) is 22.1 Å². The van der Waals surface area contributed by atoms with Crippen LogP contribution in [0.5, 0.6) is 0 Å². The maximum Gasteiger partial charge on any atom is 2.00 e. The number of hydrogen-bond donors (Lipinski definition) is 3. The number of aromatic nitrogens is 11. The monoisotopic (exact) mass is 911 g/mol. The summed E-state index contributed by atoms with van der Waals surface area (Å²) in [7, 11) is 9.59. The van der Waals surface area contributed by atoms with Gasteiger partial charge in [-0.1, -0.05) is 0 Å². The van der Waals surface area contributed by atoms with E-state index in [4.69, 9.17) is 49.9 Å². The number of nitrogens with two attached hydrogens (primary N) is 2. The van der Waals surface area contributed by atoms with Gasteiger partial charge in [-0.3, -0.25) is 44.9 Å². The number of nitrogens with one attached hydrogen (secondary N) is 1. The topological polar surface area (TPSA) is 331 Å². The molecule has 0 spiro atoms. The first kappa shape index (κ1) is 40.2. The number of rotatable bonds is 0. The minimum atomic E-state index is -0.833. The molecule has 4 aliphatic rings. The van der Waals surface area contributed by atoms with Crippen LogP contribution in [0.4, 0.5) is 16.4 Å². The number of amides is 2. The van der Waals surface area contributed by atoms with Crippen LogP contribution in [0.3, 0.4) is 0 Å². The van der Waals surface area contributed by atoms with Crippen molar-refractivity contribution in [3.05, 3.63) is 113 Å². The van der Waals surface area contributed by atoms with Crippen LogP contribution < -0.4 is 37.7 Å². The van der Waals surface area contributed by atoms with Crippen LogP contribution in [0.2, 0.25) is 0 Å². The van der Waals surface area contributed by atoms with Crippen LogP contribution in [-0.2, 0) is 34.9 Å². The smallest absolute Gasteiger partial charge is 0.414 e. The first-order chi connectivity index (χ1) is 28.2. The Bertz CT molecular complexity index is 3010. The van der Waals surface area contributed by atoms with Gasteiger partial charge in [0.1, 0.15) is 62.8 Å². The predicted octanol–water partition coefficient (Wildman–Crippen LogP) is 0.520. The van der Waals surface area contributed by atoms with E-state index in [9.17, 15) is 9.59 Å². The number of carbonyl (C=O) groups excluding carboxylic acids is 3. The number of carbonyl (C=O) groups is 3. The number of ether oxygens (including phenoxy) is 1. The third-order valence-electron chi connectivity index (χ3n) is 7.78. The Morgan fingerprint density at radius 1 is 0.644 bits per heavy atom. The van der Waals surface area contributed by atoms with Gasteiger partial charge in [-0.05, 0) is 12.1 Å². The summed E-state index contributed by atoms with van der Waals surface area (Å²) in [5.74, 6) is 0.294. The summed E-state index contributed by atoms with van der Waals surface area (Å²) < 4.78 is 4.29. The van der Waals surface area contributed by atoms with Crippen molar-refractivity contribution in [2.45, 2.75) is 6.17 Å². The molecule has 7 aromatic rings. The zero-order valence-corrected chi connectivity index (χ0v) is 32.8. The van der Waals surface area contributed by atoms with E-state index in [-0.39, 0.29) is 64.1 Å². The molecule has 1 unspecified atom stereocenters. The van der Waals surface area contributed by atoms with E-state index in [1.54, 1.807) is 55.6 Å². The molecule has 59 heavy (non-hydrogen) atoms. The van der Waals surface area contributed by atoms with Crippen molar-refractivity contribution in [1.29, 1.82) is 0 Å². The van der Waals surface area contributed by atoms with E-state index in [0.717, 1.165) is 0 Å². The summed E-state index contributed by atoms with van der Waals surface area (Å²) in [5, 5.41) is 3.31. The fourth-order valence-corrected chi connectivity index (χ4v) is 5.62. The van der Waals surface area contributed by atoms with E-state index in [2.05, 4.69) is 76.4 Å². The Kier molecular flexibility index (Phi) is 11.7. The van der Waals surface area contributed by atoms with Crippen molar-refractivity contribution in [3.63, 3.8) is 0 Å². The molecule has 2 amide bonds. The zero-order chi connectivity index (χ0) is 40.3. The zero-order valence-electron chi connectivity index (χ0n) is 28.9. The molecule has 5 N–H and O–H groups in total. The van der Waals surface area contributed by atoms with Crippen molar-refractivity contribution >= 4 is 89.4 Å². The normalized spacial score (nSPS) is 14.8. The van der Waals surface area contributed by atoms with Crippen LogP contribution >= 0.6 is 20.2 Å². The number of pyridine rings is 1. The fraction of sp³-hybridized carbons (Fsp3) is 0.0312. The Hall–Kier alpha value is -7.01. The van der Waals surface area contributed by atoms with Gasteiger partial charge in [-0.25, -0.2) is 24.4 Å². The molecule has 0 aliphatic carbocycles. The van der Waals surface area contributed by atoms with Gasteiger partial charge in [0.2, 0.25) is 0 Å². The van der Waals surface area contributed by atoms with E-state index in [1.807, 2.05) is 0 Å². The number of primary amides is 2. The number of aliphatic imine (C=N–C) groups is 3. The molecule has 23 nitrogen and oxygen atoms in total. The van der Waals surface area contributed by atoms with E-state index >= 15 is 0 Å². The number of hydrogen-bond acceptors (Lipinski definition) is 19. The van der Waals surface area contributed by atoms with Gasteiger partial charge in [0.15, 0.2) is 5.69 Å². The van der Waals surface area contributed by atoms with Crippen molar-refractivity contribution in [2.24, 2.45) is 36.4 Å². The second kappa shape index (κ2) is 17.2. The molecule has 4 aliphatic heterocycles. The molecular formula is C32H17Cl2Mn2N19O4. The van der Waals surface area contributed by atoms with Crippen LogP contribution in [-0.4, -0.2) is 80.3 Å². The summed E-state index contributed by atoms with van der Waals surface area (Å²) in [6, 6.07) is 2.26. The molecule has 1 atom stereocenters. The van der Waals surface area contributed by atoms with Crippen molar-refractivity contribution in [1.82, 2.24) is 54.8 Å². The summed E-state index contributed by atoms with van der Waals surface area (Å²) in [6.07, 6.45) is 13.4. The molecule has 0 saturated heterocycles. The number of amidine groups is 3. The summed E-state index contributed by atoms with van der Waals surface area (Å²) in [6.45, 7) is 0. The first-order valence-electron chi connectivity index (χ1n) is 16.0. The van der Waals surface area contributed by atoms with Gasteiger partial charge < -0.3 is 46.5 Å². The number of esters is 2. The van der Waals surface area contributed by atoms with Gasteiger partial charge in [0.25, 0.3) is 0 Å². The Labute approximate surface area is 352 Å². The molecule has 8 bridgehead atoms. The van der Waals surface area contributed by atoms with Crippen molar-refractivity contribution in [2.75, 3.05) is 5.32 Å². The first-order valence-corrected chi connectivity index (χ1v) is 19.2. The second-order valence-corrected chi connectivity index (χ2v) is 13.2. The standard InChI is InChI=1S/C24H10N16.C7H3NO3.CH4N2O.2ClH.2Mn/c1-2-26-10-9(25-1)17-33-18(10)38-20-13-14(30-6-5-29-13)22(35-20)40-24-16-15(31-7-8-32-16)23(36-24)39-21-12-11(19(34-21)37-17)27-3-4-28-12;9-6-4-2-1-3-8-5(4)7(10)11-6;2-1(3)4;;;;/h1-8,17,37H;1-3H;(H4,2,3,4);2*1H;;/q-2;;;;;2*+2/p-2. The number of fused-ring (bicyclic) bond motifs is 19. The molecule has 0 fully saturated rings. The van der Waals surface area contributed by atoms with Crippen molar-refractivity contribution in [3.8, 4) is 0 Å². The Morgan fingerprint density at radius 2 is 1.17 bits per heavy atom. The maximum absolute atomic E-state index is 10.8. The molecule has 11 heterocycles. The average molecular weight is 912 g/mol. The second-order valence-electron chi connectivity index (χ2n) is 11.2. The molecule has 0 aromatic carbocycles. The molecular weight excluding hydrogens is 895 g/mol. The van der Waals surface area contributed by atoms with E-state index in [0.29, 0.717) is 62.3 Å². The van der Waals surface area contributed by atoms with E-state index in [1.165, 1.54) is 12.3 Å². The van der Waals surface area contributed by atoms with Crippen LogP contribution in [0.15, 0.2) is 92.9 Å². The Morgan fingerprint density at radius 3 is 1.81 bits per heavy atom. The number of cyclic esters (lactones) is 2. The summed E-state index contributed by atoms with van der Waals surface area (Å²) in [4.78, 5) is 103. The molecule has 0 saturated carbocycles. The van der Waals surface area contributed by atoms with Crippen LogP contribution in [0, 0.1) is 0 Å². The number of anilines is 1. The minimum absolute atomic E-state index is 0. The van der Waals surface area contributed by atoms with Crippen LogP contribution in [0.1, 0.15) is 49.8 Å². The predicted molar refractivity (Wildman–Crippen MR) is 197 cm³/mol. The van der Waals surface area contributed by atoms with Gasteiger partial charge in [0, 0.05) is 78.4 Å². The summed E-state index contributed by atoms with van der Waals surface area (Å²) in [5.41, 5.74) is 13.2. The molecule has 1 radical (unpaired) electrons. The number of halogens is 2. The van der Waals surface area contributed by atoms with E-state index < -0.39 is 24.1 Å². The molecule has 7 aromatic heterocycles. The SMILES string of the molecule is NC(N)=O.O=C1OC(=O)c2ncccc21.[Cl][Mn][Cl].[Mn+2].c1cnc2c(n1)C1=NC2=Nc2[n-]c(c3nccnc23)NC2N=C(N=c3[n-]c(c4nccnc34)=N1)c1nccnc12. The fourth-order valence-electron chi connectivity index (χ4n) is 5.62. The Balaban J connectivity index is 0.000000233. The number of nitrogens with zero attached hydrogens (tertiary/aromatic N) is 16.